The van der Waals surface area contributed by atoms with Gasteiger partial charge in [0.15, 0.2) is 5.78 Å². The summed E-state index contributed by atoms with van der Waals surface area (Å²) < 4.78 is 0. The third-order valence-corrected chi connectivity index (χ3v) is 2.86. The molecule has 2 aliphatic rings. The third-order valence-electron chi connectivity index (χ3n) is 2.86. The van der Waals surface area contributed by atoms with Gasteiger partial charge in [0.2, 0.25) is 0 Å². The van der Waals surface area contributed by atoms with Gasteiger partial charge in [-0.1, -0.05) is 48.6 Å². The van der Waals surface area contributed by atoms with Crippen molar-refractivity contribution >= 4 is 24.0 Å². The molecular formula is C14H10O. The zero-order chi connectivity index (χ0) is 10.3. The van der Waals surface area contributed by atoms with Crippen molar-refractivity contribution in [2.24, 2.45) is 0 Å². The molecule has 0 fully saturated rings. The first kappa shape index (κ1) is 8.42. The molecule has 0 radical (unpaired) electrons. The predicted molar refractivity (Wildman–Crippen MR) is 61.7 cm³/mol. The number of benzene rings is 1. The number of fused-ring (bicyclic) bond motifs is 3. The van der Waals surface area contributed by atoms with Crippen LogP contribution in [0.1, 0.15) is 22.3 Å². The quantitative estimate of drug-likeness (QED) is 0.610. The summed E-state index contributed by atoms with van der Waals surface area (Å²) in [6.45, 7) is 0. The summed E-state index contributed by atoms with van der Waals surface area (Å²) in [5.74, 6) is 0.238. The first-order valence-corrected chi connectivity index (χ1v) is 5.08. The van der Waals surface area contributed by atoms with Crippen molar-refractivity contribution in [2.45, 2.75) is 6.42 Å². The molecule has 0 aromatic heterocycles. The van der Waals surface area contributed by atoms with E-state index in [0.717, 1.165) is 21.6 Å². The van der Waals surface area contributed by atoms with Crippen LogP contribution in [-0.4, -0.2) is 5.78 Å². The molecule has 1 heteroatoms. The summed E-state index contributed by atoms with van der Waals surface area (Å²) in [4.78, 5) is 11.8. The Bertz CT molecular complexity index is 615. The fraction of sp³-hybridized carbons (Fsp3) is 0.0714. The van der Waals surface area contributed by atoms with E-state index >= 15 is 0 Å². The van der Waals surface area contributed by atoms with Crippen LogP contribution in [-0.2, 0) is 0 Å². The van der Waals surface area contributed by atoms with Crippen LogP contribution in [0.15, 0.2) is 30.4 Å². The van der Waals surface area contributed by atoms with E-state index in [1.54, 1.807) is 0 Å². The van der Waals surface area contributed by atoms with Crippen molar-refractivity contribution in [3.05, 3.63) is 51.9 Å². The van der Waals surface area contributed by atoms with E-state index in [0.29, 0.717) is 6.42 Å². The number of allylic oxidation sites excluding steroid dienone is 3. The van der Waals surface area contributed by atoms with E-state index in [4.69, 9.17) is 0 Å². The Labute approximate surface area is 87.7 Å². The van der Waals surface area contributed by atoms with Gasteiger partial charge in [0.1, 0.15) is 0 Å². The molecule has 0 aliphatic heterocycles. The van der Waals surface area contributed by atoms with Crippen LogP contribution in [0, 0.1) is 0 Å². The molecule has 0 N–H and O–H groups in total. The fourth-order valence-corrected chi connectivity index (χ4v) is 2.14. The summed E-state index contributed by atoms with van der Waals surface area (Å²) >= 11 is 0. The standard InChI is InChI=1S/C14H10O/c15-13-9-8-11-7-6-10-4-2-1-3-5-12(10)14(11)13/h1-8H,9H2. The van der Waals surface area contributed by atoms with Gasteiger partial charge in [-0.25, -0.2) is 0 Å². The maximum atomic E-state index is 11.8. The number of hydrogen-bond acceptors (Lipinski definition) is 1. The van der Waals surface area contributed by atoms with Crippen molar-refractivity contribution < 1.29 is 4.79 Å². The number of hydrogen-bond donors (Lipinski definition) is 0. The van der Waals surface area contributed by atoms with Crippen molar-refractivity contribution in [1.29, 1.82) is 0 Å². The Balaban J connectivity index is 2.46. The Hall–Kier alpha value is -1.89. The van der Waals surface area contributed by atoms with Gasteiger partial charge >= 0.3 is 0 Å². The Morgan fingerprint density at radius 1 is 1.00 bits per heavy atom. The van der Waals surface area contributed by atoms with Crippen LogP contribution >= 0.6 is 0 Å². The maximum Gasteiger partial charge on any atom is 0.167 e. The summed E-state index contributed by atoms with van der Waals surface area (Å²) in [5, 5.41) is 2.21. The van der Waals surface area contributed by atoms with E-state index < -0.39 is 0 Å². The minimum absolute atomic E-state index is 0.238. The van der Waals surface area contributed by atoms with Crippen molar-refractivity contribution in [3.63, 3.8) is 0 Å². The van der Waals surface area contributed by atoms with Gasteiger partial charge in [0, 0.05) is 12.0 Å². The molecule has 15 heavy (non-hydrogen) atoms. The second kappa shape index (κ2) is 3.06. The summed E-state index contributed by atoms with van der Waals surface area (Å²) in [6, 6.07) is 4.10. The zero-order valence-electron chi connectivity index (χ0n) is 8.23. The van der Waals surface area contributed by atoms with Gasteiger partial charge in [-0.15, -0.1) is 0 Å². The zero-order valence-corrected chi connectivity index (χ0v) is 8.23. The van der Waals surface area contributed by atoms with Crippen LogP contribution in [0.4, 0.5) is 0 Å². The number of ketones is 1. The second-order valence-electron chi connectivity index (χ2n) is 3.77. The highest BCUT2D eigenvalue weighted by molar-refractivity contribution is 6.05. The van der Waals surface area contributed by atoms with Gasteiger partial charge in [0.25, 0.3) is 0 Å². The Kier molecular flexibility index (Phi) is 1.72. The molecule has 1 aromatic carbocycles. The molecule has 1 aromatic rings. The van der Waals surface area contributed by atoms with Gasteiger partial charge in [-0.2, -0.15) is 0 Å². The lowest BCUT2D eigenvalue weighted by molar-refractivity contribution is 0.100. The lowest BCUT2D eigenvalue weighted by atomic mass is 10.0. The molecule has 3 rings (SSSR count). The molecule has 0 spiro atoms. The molecule has 72 valence electrons. The molecule has 0 atom stereocenters. The van der Waals surface area contributed by atoms with Crippen LogP contribution in [0.5, 0.6) is 0 Å². The van der Waals surface area contributed by atoms with E-state index in [1.165, 1.54) is 0 Å². The van der Waals surface area contributed by atoms with E-state index in [9.17, 15) is 4.79 Å². The summed E-state index contributed by atoms with van der Waals surface area (Å²) in [7, 11) is 0. The first-order chi connectivity index (χ1) is 7.36. The predicted octanol–water partition coefficient (Wildman–Crippen LogP) is 1.42. The van der Waals surface area contributed by atoms with Crippen LogP contribution in [0.3, 0.4) is 0 Å². The van der Waals surface area contributed by atoms with Crippen LogP contribution in [0.25, 0.3) is 18.2 Å². The van der Waals surface area contributed by atoms with Gasteiger partial charge in [-0.05, 0) is 16.0 Å². The molecule has 0 bridgehead atoms. The highest BCUT2D eigenvalue weighted by atomic mass is 16.1. The topological polar surface area (TPSA) is 17.1 Å². The average Bonchev–Trinajstić information content (AvgIpc) is 2.51. The largest absolute Gasteiger partial charge is 0.294 e. The number of carbonyl (C=O) groups excluding carboxylic acids is 1. The lowest BCUT2D eigenvalue weighted by Gasteiger charge is -2.01. The van der Waals surface area contributed by atoms with E-state index in [2.05, 4.69) is 6.07 Å². The molecule has 0 amide bonds. The first-order valence-electron chi connectivity index (χ1n) is 5.08. The smallest absolute Gasteiger partial charge is 0.167 e. The van der Waals surface area contributed by atoms with Gasteiger partial charge in [0.05, 0.1) is 0 Å². The highest BCUT2D eigenvalue weighted by Gasteiger charge is 2.16. The van der Waals surface area contributed by atoms with E-state index in [1.807, 2.05) is 42.5 Å². The average molecular weight is 194 g/mol. The fourth-order valence-electron chi connectivity index (χ4n) is 2.14. The number of Topliss-reactive ketones (excluding diaryl/α,β-unsaturated/α-hetero) is 1. The highest BCUT2D eigenvalue weighted by Crippen LogP contribution is 2.11. The molecule has 0 saturated carbocycles. The van der Waals surface area contributed by atoms with Crippen LogP contribution < -0.4 is 10.4 Å². The third kappa shape index (κ3) is 1.20. The molecular weight excluding hydrogens is 184 g/mol. The van der Waals surface area contributed by atoms with Gasteiger partial charge < -0.3 is 0 Å². The van der Waals surface area contributed by atoms with Gasteiger partial charge in [-0.3, -0.25) is 4.79 Å². The maximum absolute atomic E-state index is 11.8. The monoisotopic (exact) mass is 194 g/mol. The minimum Gasteiger partial charge on any atom is -0.294 e. The molecule has 0 unspecified atom stereocenters. The molecule has 1 nitrogen and oxygen atoms in total. The van der Waals surface area contributed by atoms with Crippen molar-refractivity contribution in [3.8, 4) is 0 Å². The van der Waals surface area contributed by atoms with Crippen LogP contribution in [0.2, 0.25) is 0 Å². The minimum atomic E-state index is 0.238. The SMILES string of the molecule is O=C1CC=c2ccc3c(c21)C=CC=CC=3. The second-order valence-corrected chi connectivity index (χ2v) is 3.77. The Morgan fingerprint density at radius 3 is 2.80 bits per heavy atom. The van der Waals surface area contributed by atoms with Crippen molar-refractivity contribution in [1.82, 2.24) is 0 Å². The van der Waals surface area contributed by atoms with E-state index in [-0.39, 0.29) is 5.78 Å². The Morgan fingerprint density at radius 2 is 1.87 bits per heavy atom. The summed E-state index contributed by atoms with van der Waals surface area (Å²) in [6.07, 6.45) is 12.6. The molecule has 0 heterocycles. The molecule has 0 saturated heterocycles. The number of rotatable bonds is 0. The summed E-state index contributed by atoms with van der Waals surface area (Å²) in [5.41, 5.74) is 1.96. The number of carbonyl (C=O) groups is 1. The van der Waals surface area contributed by atoms with Crippen molar-refractivity contribution in [2.75, 3.05) is 0 Å². The lowest BCUT2D eigenvalue weighted by Crippen LogP contribution is -2.18. The normalized spacial score (nSPS) is 16.4. The molecule has 2 aliphatic carbocycles.